The van der Waals surface area contributed by atoms with Crippen molar-refractivity contribution in [1.82, 2.24) is 5.32 Å². The van der Waals surface area contributed by atoms with E-state index in [4.69, 9.17) is 6.42 Å². The number of hydrogen-bond donors (Lipinski definition) is 1. The second-order valence-electron chi connectivity index (χ2n) is 5.29. The summed E-state index contributed by atoms with van der Waals surface area (Å²) < 4.78 is 0. The highest BCUT2D eigenvalue weighted by Gasteiger charge is 2.28. The molecule has 1 heteroatoms. The van der Waals surface area contributed by atoms with Gasteiger partial charge in [0.05, 0.1) is 6.04 Å². The van der Waals surface area contributed by atoms with Crippen molar-refractivity contribution in [2.45, 2.75) is 31.8 Å². The van der Waals surface area contributed by atoms with Crippen LogP contribution < -0.4 is 5.32 Å². The first-order valence-corrected chi connectivity index (χ1v) is 7.23. The van der Waals surface area contributed by atoms with Crippen molar-refractivity contribution in [2.75, 3.05) is 0 Å². The van der Waals surface area contributed by atoms with Gasteiger partial charge in [-0.3, -0.25) is 0 Å². The molecule has 0 aliphatic heterocycles. The summed E-state index contributed by atoms with van der Waals surface area (Å²) in [5.74, 6) is 2.78. The topological polar surface area (TPSA) is 12.0 Å². The molecular weight excluding hydrogens is 242 g/mol. The number of terminal acetylenes is 1. The summed E-state index contributed by atoms with van der Waals surface area (Å²) in [6, 6.07) is 17.9. The molecule has 3 rings (SSSR count). The van der Waals surface area contributed by atoms with Crippen LogP contribution in [0.2, 0.25) is 0 Å². The zero-order valence-electron chi connectivity index (χ0n) is 11.8. The molecule has 2 aromatic carbocycles. The van der Waals surface area contributed by atoms with Crippen LogP contribution in [-0.4, -0.2) is 6.04 Å². The Balaban J connectivity index is 2.01. The molecule has 1 nitrogen and oxygen atoms in total. The lowest BCUT2D eigenvalue weighted by molar-refractivity contribution is 0.470. The highest BCUT2D eigenvalue weighted by molar-refractivity contribution is 5.78. The Hall–Kier alpha value is -2.04. The summed E-state index contributed by atoms with van der Waals surface area (Å²) in [6.45, 7) is 2.18. The molecule has 1 aliphatic rings. The predicted molar refractivity (Wildman–Crippen MR) is 84.4 cm³/mol. The van der Waals surface area contributed by atoms with Gasteiger partial charge < -0.3 is 5.32 Å². The molecule has 1 unspecified atom stereocenters. The quantitative estimate of drug-likeness (QED) is 0.815. The van der Waals surface area contributed by atoms with Crippen molar-refractivity contribution in [2.24, 2.45) is 0 Å². The van der Waals surface area contributed by atoms with Gasteiger partial charge in [0.25, 0.3) is 0 Å². The Morgan fingerprint density at radius 1 is 1.05 bits per heavy atom. The van der Waals surface area contributed by atoms with Crippen molar-refractivity contribution in [3.8, 4) is 23.5 Å². The van der Waals surface area contributed by atoms with E-state index in [2.05, 4.69) is 66.7 Å². The van der Waals surface area contributed by atoms with Crippen LogP contribution in [0, 0.1) is 12.3 Å². The Bertz CT molecular complexity index is 605. The fraction of sp³-hybridized carbons (Fsp3) is 0.263. The van der Waals surface area contributed by atoms with Gasteiger partial charge in [0.2, 0.25) is 0 Å². The van der Waals surface area contributed by atoms with Crippen LogP contribution in [0.1, 0.15) is 36.9 Å². The molecule has 1 atom stereocenters. The second kappa shape index (κ2) is 5.53. The van der Waals surface area contributed by atoms with Crippen LogP contribution >= 0.6 is 0 Å². The summed E-state index contributed by atoms with van der Waals surface area (Å²) in [4.78, 5) is 0. The van der Waals surface area contributed by atoms with Gasteiger partial charge in [0.15, 0.2) is 0 Å². The standard InChI is InChI=1S/C19H19N/c1-3-9-14(4-2)20-19-17-12-7-5-10-15(17)16-11-6-8-13-18(16)19/h1,5-8,10-14,19-20H,4,9H2,2H3. The summed E-state index contributed by atoms with van der Waals surface area (Å²) in [5, 5.41) is 3.74. The Morgan fingerprint density at radius 2 is 1.60 bits per heavy atom. The fourth-order valence-corrected chi connectivity index (χ4v) is 3.03. The average Bonchev–Trinajstić information content (AvgIpc) is 2.82. The molecule has 2 aromatic rings. The zero-order valence-corrected chi connectivity index (χ0v) is 11.8. The van der Waals surface area contributed by atoms with E-state index >= 15 is 0 Å². The van der Waals surface area contributed by atoms with Crippen molar-refractivity contribution in [1.29, 1.82) is 0 Å². The van der Waals surface area contributed by atoms with Gasteiger partial charge >= 0.3 is 0 Å². The van der Waals surface area contributed by atoms with Crippen molar-refractivity contribution < 1.29 is 0 Å². The van der Waals surface area contributed by atoms with Crippen molar-refractivity contribution >= 4 is 0 Å². The fourth-order valence-electron chi connectivity index (χ4n) is 3.03. The number of rotatable bonds is 4. The van der Waals surface area contributed by atoms with Crippen LogP contribution in [0.3, 0.4) is 0 Å². The lowest BCUT2D eigenvalue weighted by atomic mass is 10.0. The minimum atomic E-state index is 0.265. The molecule has 1 N–H and O–H groups in total. The molecule has 100 valence electrons. The van der Waals surface area contributed by atoms with E-state index in [1.165, 1.54) is 22.3 Å². The lowest BCUT2D eigenvalue weighted by Crippen LogP contribution is -2.31. The molecule has 0 spiro atoms. The van der Waals surface area contributed by atoms with Gasteiger partial charge in [-0.25, -0.2) is 0 Å². The molecule has 0 saturated carbocycles. The summed E-state index contributed by atoms with van der Waals surface area (Å²) in [6.07, 6.45) is 7.30. The third kappa shape index (κ3) is 2.13. The molecule has 0 radical (unpaired) electrons. The van der Waals surface area contributed by atoms with Gasteiger partial charge in [-0.2, -0.15) is 0 Å². The van der Waals surface area contributed by atoms with E-state index in [1.807, 2.05) is 0 Å². The van der Waals surface area contributed by atoms with E-state index in [0.717, 1.165) is 12.8 Å². The van der Waals surface area contributed by atoms with Gasteiger partial charge in [-0.15, -0.1) is 12.3 Å². The number of benzene rings is 2. The van der Waals surface area contributed by atoms with Crippen molar-refractivity contribution in [3.05, 3.63) is 59.7 Å². The molecule has 0 saturated heterocycles. The third-order valence-corrected chi connectivity index (χ3v) is 4.09. The maximum Gasteiger partial charge on any atom is 0.0591 e. The highest BCUT2D eigenvalue weighted by Crippen LogP contribution is 2.43. The first kappa shape index (κ1) is 13.0. The minimum absolute atomic E-state index is 0.265. The SMILES string of the molecule is C#CCC(CC)NC1c2ccccc2-c2ccccc21. The van der Waals surface area contributed by atoms with Crippen LogP contribution in [0.4, 0.5) is 0 Å². The molecule has 0 bridgehead atoms. The highest BCUT2D eigenvalue weighted by atomic mass is 15.0. The summed E-state index contributed by atoms with van der Waals surface area (Å²) in [5.41, 5.74) is 5.42. The third-order valence-electron chi connectivity index (χ3n) is 4.09. The number of hydrogen-bond acceptors (Lipinski definition) is 1. The molecule has 0 heterocycles. The van der Waals surface area contributed by atoms with Crippen LogP contribution in [0.15, 0.2) is 48.5 Å². The van der Waals surface area contributed by atoms with Crippen molar-refractivity contribution in [3.63, 3.8) is 0 Å². The monoisotopic (exact) mass is 261 g/mol. The van der Waals surface area contributed by atoms with Gasteiger partial charge in [-0.05, 0) is 28.7 Å². The first-order valence-electron chi connectivity index (χ1n) is 7.23. The smallest absolute Gasteiger partial charge is 0.0591 e. The van der Waals surface area contributed by atoms with E-state index in [0.29, 0.717) is 6.04 Å². The van der Waals surface area contributed by atoms with Gasteiger partial charge in [0.1, 0.15) is 0 Å². The molecule has 0 aromatic heterocycles. The summed E-state index contributed by atoms with van der Waals surface area (Å²) in [7, 11) is 0. The van der Waals surface area contributed by atoms with Gasteiger partial charge in [0, 0.05) is 12.5 Å². The second-order valence-corrected chi connectivity index (χ2v) is 5.29. The molecule has 0 fully saturated rings. The Kier molecular flexibility index (Phi) is 3.58. The number of fused-ring (bicyclic) bond motifs is 3. The zero-order chi connectivity index (χ0) is 13.9. The molecule has 1 aliphatic carbocycles. The summed E-state index contributed by atoms with van der Waals surface area (Å²) >= 11 is 0. The lowest BCUT2D eigenvalue weighted by Gasteiger charge is -2.22. The minimum Gasteiger partial charge on any atom is -0.302 e. The van der Waals surface area contributed by atoms with Crippen LogP contribution in [-0.2, 0) is 0 Å². The van der Waals surface area contributed by atoms with E-state index in [9.17, 15) is 0 Å². The molecule has 20 heavy (non-hydrogen) atoms. The van der Waals surface area contributed by atoms with E-state index in [-0.39, 0.29) is 6.04 Å². The Labute approximate surface area is 121 Å². The van der Waals surface area contributed by atoms with E-state index < -0.39 is 0 Å². The van der Waals surface area contributed by atoms with Gasteiger partial charge in [-0.1, -0.05) is 55.5 Å². The van der Waals surface area contributed by atoms with E-state index in [1.54, 1.807) is 0 Å². The largest absolute Gasteiger partial charge is 0.302 e. The predicted octanol–water partition coefficient (Wildman–Crippen LogP) is 4.15. The average molecular weight is 261 g/mol. The Morgan fingerprint density at radius 3 is 2.10 bits per heavy atom. The maximum atomic E-state index is 5.48. The van der Waals surface area contributed by atoms with Crippen LogP contribution in [0.5, 0.6) is 0 Å². The normalized spacial score (nSPS) is 14.4. The molecular formula is C19H19N. The number of nitrogens with one attached hydrogen (secondary N) is 1. The maximum absolute atomic E-state index is 5.48. The molecule has 0 amide bonds. The first-order chi connectivity index (χ1) is 9.85. The van der Waals surface area contributed by atoms with Crippen LogP contribution in [0.25, 0.3) is 11.1 Å².